The molecule has 0 bridgehead atoms. The fourth-order valence-electron chi connectivity index (χ4n) is 2.14. The second kappa shape index (κ2) is 2.88. The number of aryl methyl sites for hydroxylation is 1. The monoisotopic (exact) mass is 214 g/mol. The van der Waals surface area contributed by atoms with Crippen molar-refractivity contribution in [3.63, 3.8) is 0 Å². The molecule has 2 N–H and O–H groups in total. The maximum atomic E-state index is 10.8. The third kappa shape index (κ3) is 1.01. The van der Waals surface area contributed by atoms with E-state index in [-0.39, 0.29) is 5.75 Å². The van der Waals surface area contributed by atoms with E-state index in [4.69, 9.17) is 0 Å². The Hall–Kier alpha value is -2.23. The molecule has 2 aromatic heterocycles. The van der Waals surface area contributed by atoms with E-state index in [0.717, 1.165) is 28.2 Å². The van der Waals surface area contributed by atoms with Gasteiger partial charge in [-0.05, 0) is 18.2 Å². The summed E-state index contributed by atoms with van der Waals surface area (Å²) in [5.74, 6) is 0.231. The lowest BCUT2D eigenvalue weighted by atomic mass is 10.2. The maximum Gasteiger partial charge on any atom is 0.166 e. The number of aromatic amines is 1. The molecule has 0 radical (unpaired) electrons. The summed E-state index contributed by atoms with van der Waals surface area (Å²) in [5.41, 5.74) is 3.40. The number of nitrogens with zero attached hydrogens (tertiary/aromatic N) is 1. The number of benzene rings is 1. The highest BCUT2D eigenvalue weighted by molar-refractivity contribution is 6.07. The van der Waals surface area contributed by atoms with Crippen LogP contribution in [0.15, 0.2) is 24.3 Å². The minimum Gasteiger partial charge on any atom is -0.508 e. The van der Waals surface area contributed by atoms with E-state index in [2.05, 4.69) is 4.98 Å². The number of hydrogen-bond acceptors (Lipinski definition) is 2. The van der Waals surface area contributed by atoms with Gasteiger partial charge in [-0.3, -0.25) is 4.79 Å². The molecule has 1 aromatic carbocycles. The first-order valence-corrected chi connectivity index (χ1v) is 4.96. The second-order valence-electron chi connectivity index (χ2n) is 3.86. The first kappa shape index (κ1) is 9.03. The number of hydrogen-bond donors (Lipinski definition) is 2. The van der Waals surface area contributed by atoms with Gasteiger partial charge < -0.3 is 14.7 Å². The number of carbonyl (C=O) groups is 1. The maximum absolute atomic E-state index is 10.8. The van der Waals surface area contributed by atoms with Crippen molar-refractivity contribution < 1.29 is 9.90 Å². The van der Waals surface area contributed by atoms with Crippen molar-refractivity contribution in [3.8, 4) is 5.75 Å². The summed E-state index contributed by atoms with van der Waals surface area (Å²) in [6.45, 7) is 0. The van der Waals surface area contributed by atoms with Crippen molar-refractivity contribution in [2.45, 2.75) is 0 Å². The van der Waals surface area contributed by atoms with Gasteiger partial charge in [0.2, 0.25) is 0 Å². The van der Waals surface area contributed by atoms with E-state index < -0.39 is 0 Å². The van der Waals surface area contributed by atoms with E-state index in [0.29, 0.717) is 5.69 Å². The highest BCUT2D eigenvalue weighted by Gasteiger charge is 2.11. The lowest BCUT2D eigenvalue weighted by Gasteiger charge is -1.97. The molecule has 0 saturated heterocycles. The molecular weight excluding hydrogens is 204 g/mol. The Morgan fingerprint density at radius 1 is 1.31 bits per heavy atom. The van der Waals surface area contributed by atoms with Crippen LogP contribution in [0.4, 0.5) is 0 Å². The number of aldehydes is 1. The predicted octanol–water partition coefficient (Wildman–Crippen LogP) is 2.18. The van der Waals surface area contributed by atoms with E-state index in [1.165, 1.54) is 0 Å². The van der Waals surface area contributed by atoms with E-state index in [1.54, 1.807) is 18.2 Å². The molecule has 0 amide bonds. The van der Waals surface area contributed by atoms with Crippen LogP contribution < -0.4 is 0 Å². The average Bonchev–Trinajstić information content (AvgIpc) is 2.75. The highest BCUT2D eigenvalue weighted by atomic mass is 16.3. The molecule has 80 valence electrons. The van der Waals surface area contributed by atoms with Gasteiger partial charge in [0.15, 0.2) is 6.29 Å². The first-order chi connectivity index (χ1) is 7.70. The van der Waals surface area contributed by atoms with Crippen LogP contribution >= 0.6 is 0 Å². The van der Waals surface area contributed by atoms with Crippen LogP contribution in [0, 0.1) is 0 Å². The summed E-state index contributed by atoms with van der Waals surface area (Å²) in [7, 11) is 1.85. The number of rotatable bonds is 1. The number of fused-ring (bicyclic) bond motifs is 3. The van der Waals surface area contributed by atoms with E-state index in [1.807, 2.05) is 17.7 Å². The molecule has 3 aromatic rings. The minimum absolute atomic E-state index is 0.231. The van der Waals surface area contributed by atoms with Gasteiger partial charge in [-0.15, -0.1) is 0 Å². The zero-order chi connectivity index (χ0) is 11.3. The number of carbonyl (C=O) groups excluding carboxylic acids is 1. The minimum atomic E-state index is 0.231. The SMILES string of the molecule is Cn1c(C=O)cc2[nH]c3cc(O)ccc3c21. The number of H-pyrrole nitrogens is 1. The number of aromatic nitrogens is 2. The third-order valence-electron chi connectivity index (χ3n) is 2.92. The summed E-state index contributed by atoms with van der Waals surface area (Å²) < 4.78 is 1.85. The molecule has 0 spiro atoms. The lowest BCUT2D eigenvalue weighted by Crippen LogP contribution is -1.93. The van der Waals surface area contributed by atoms with E-state index >= 15 is 0 Å². The second-order valence-corrected chi connectivity index (χ2v) is 3.86. The van der Waals surface area contributed by atoms with Gasteiger partial charge in [0, 0.05) is 18.5 Å². The summed E-state index contributed by atoms with van der Waals surface area (Å²) >= 11 is 0. The van der Waals surface area contributed by atoms with Gasteiger partial charge in [0.25, 0.3) is 0 Å². The molecule has 4 nitrogen and oxygen atoms in total. The lowest BCUT2D eigenvalue weighted by molar-refractivity contribution is 0.111. The first-order valence-electron chi connectivity index (χ1n) is 4.96. The zero-order valence-corrected chi connectivity index (χ0v) is 8.69. The Kier molecular flexibility index (Phi) is 1.63. The van der Waals surface area contributed by atoms with Crippen LogP contribution in [0.1, 0.15) is 10.5 Å². The van der Waals surface area contributed by atoms with Crippen molar-refractivity contribution in [1.29, 1.82) is 0 Å². The van der Waals surface area contributed by atoms with Crippen molar-refractivity contribution in [2.24, 2.45) is 7.05 Å². The summed E-state index contributed by atoms with van der Waals surface area (Å²) in [6, 6.07) is 6.97. The molecule has 0 fully saturated rings. The van der Waals surface area contributed by atoms with Crippen molar-refractivity contribution >= 4 is 28.2 Å². The standard InChI is InChI=1S/C12H10N2O2/c1-14-7(6-15)4-11-12(14)9-3-2-8(16)5-10(9)13-11/h2-6,13,16H,1H3. The van der Waals surface area contributed by atoms with Crippen molar-refractivity contribution in [3.05, 3.63) is 30.0 Å². The normalized spacial score (nSPS) is 11.3. The van der Waals surface area contributed by atoms with Crippen molar-refractivity contribution in [2.75, 3.05) is 0 Å². The Balaban J connectivity index is 2.51. The Labute approximate surface area is 91.1 Å². The zero-order valence-electron chi connectivity index (χ0n) is 8.69. The predicted molar refractivity (Wildman–Crippen MR) is 61.8 cm³/mol. The fraction of sp³-hybridized carbons (Fsp3) is 0.0833. The number of phenolic OH excluding ortho intramolecular Hbond substituents is 1. The number of aromatic hydroxyl groups is 1. The third-order valence-corrected chi connectivity index (χ3v) is 2.92. The molecule has 0 atom stereocenters. The Bertz CT molecular complexity index is 707. The molecule has 0 aliphatic rings. The van der Waals surface area contributed by atoms with Crippen LogP contribution in [0.2, 0.25) is 0 Å². The molecule has 0 aliphatic heterocycles. The molecule has 0 unspecified atom stereocenters. The summed E-state index contributed by atoms with van der Waals surface area (Å²) in [6.07, 6.45) is 0.833. The molecule has 3 rings (SSSR count). The topological polar surface area (TPSA) is 58.0 Å². The number of nitrogens with one attached hydrogen (secondary N) is 1. The summed E-state index contributed by atoms with van der Waals surface area (Å²) in [5, 5.41) is 10.4. The Morgan fingerprint density at radius 3 is 2.88 bits per heavy atom. The van der Waals surface area contributed by atoms with Crippen LogP contribution in [0.25, 0.3) is 21.9 Å². The quantitative estimate of drug-likeness (QED) is 0.610. The molecular formula is C12H10N2O2. The molecule has 0 aliphatic carbocycles. The average molecular weight is 214 g/mol. The van der Waals surface area contributed by atoms with Crippen molar-refractivity contribution in [1.82, 2.24) is 9.55 Å². The molecule has 16 heavy (non-hydrogen) atoms. The largest absolute Gasteiger partial charge is 0.508 e. The number of phenols is 1. The van der Waals surface area contributed by atoms with Gasteiger partial charge in [-0.2, -0.15) is 0 Å². The smallest absolute Gasteiger partial charge is 0.166 e. The van der Waals surface area contributed by atoms with Gasteiger partial charge in [0.1, 0.15) is 5.75 Å². The van der Waals surface area contributed by atoms with Crippen LogP contribution in [0.3, 0.4) is 0 Å². The molecule has 0 saturated carbocycles. The molecule has 4 heteroatoms. The fourth-order valence-corrected chi connectivity index (χ4v) is 2.14. The van der Waals surface area contributed by atoms with Crippen LogP contribution in [0.5, 0.6) is 5.75 Å². The summed E-state index contributed by atoms with van der Waals surface area (Å²) in [4.78, 5) is 14.0. The van der Waals surface area contributed by atoms with Gasteiger partial charge in [-0.1, -0.05) is 0 Å². The van der Waals surface area contributed by atoms with Gasteiger partial charge in [0.05, 0.1) is 22.2 Å². The highest BCUT2D eigenvalue weighted by Crippen LogP contribution is 2.29. The van der Waals surface area contributed by atoms with Crippen LogP contribution in [-0.2, 0) is 7.05 Å². The van der Waals surface area contributed by atoms with Gasteiger partial charge >= 0.3 is 0 Å². The van der Waals surface area contributed by atoms with E-state index in [9.17, 15) is 9.90 Å². The Morgan fingerprint density at radius 2 is 2.12 bits per heavy atom. The van der Waals surface area contributed by atoms with Gasteiger partial charge in [-0.25, -0.2) is 0 Å². The molecule has 2 heterocycles. The van der Waals surface area contributed by atoms with Crippen LogP contribution in [-0.4, -0.2) is 20.9 Å².